The van der Waals surface area contributed by atoms with E-state index in [0.717, 1.165) is 25.1 Å². The van der Waals surface area contributed by atoms with Crippen LogP contribution in [0, 0.1) is 0 Å². The van der Waals surface area contributed by atoms with Crippen LogP contribution in [0.2, 0.25) is 0 Å². The minimum absolute atomic E-state index is 0.0152. The molecule has 0 amide bonds. The van der Waals surface area contributed by atoms with Gasteiger partial charge in [-0.05, 0) is 6.42 Å². The zero-order valence-electron chi connectivity index (χ0n) is 9.54. The summed E-state index contributed by atoms with van der Waals surface area (Å²) >= 11 is 0. The van der Waals surface area contributed by atoms with Gasteiger partial charge in [-0.1, -0.05) is 39.3 Å². The lowest BCUT2D eigenvalue weighted by Gasteiger charge is -2.19. The van der Waals surface area contributed by atoms with Crippen LogP contribution in [0.4, 0.5) is 5.82 Å². The summed E-state index contributed by atoms with van der Waals surface area (Å²) in [4.78, 5) is 0. The average molecular weight is 196 g/mol. The van der Waals surface area contributed by atoms with Crippen LogP contribution in [0.3, 0.4) is 0 Å². The predicted molar refractivity (Wildman–Crippen MR) is 58.0 cm³/mol. The molecule has 0 radical (unpaired) electrons. The molecule has 0 aliphatic rings. The number of unbranched alkanes of at least 4 members (excludes halogenated alkanes) is 1. The van der Waals surface area contributed by atoms with E-state index >= 15 is 0 Å². The number of nitrogens with zero attached hydrogens (tertiary/aromatic N) is 3. The summed E-state index contributed by atoms with van der Waals surface area (Å²) < 4.78 is 1.93. The summed E-state index contributed by atoms with van der Waals surface area (Å²) in [6, 6.07) is 0. The van der Waals surface area contributed by atoms with Gasteiger partial charge in [-0.25, -0.2) is 4.68 Å². The summed E-state index contributed by atoms with van der Waals surface area (Å²) in [6.07, 6.45) is 2.27. The maximum absolute atomic E-state index is 5.80. The number of aryl methyl sites for hydroxylation is 1. The first kappa shape index (κ1) is 11.0. The van der Waals surface area contributed by atoms with Crippen LogP contribution in [0.15, 0.2) is 0 Å². The monoisotopic (exact) mass is 196 g/mol. The van der Waals surface area contributed by atoms with Crippen molar-refractivity contribution in [2.75, 3.05) is 5.73 Å². The van der Waals surface area contributed by atoms with Crippen LogP contribution in [-0.4, -0.2) is 15.0 Å². The van der Waals surface area contributed by atoms with Gasteiger partial charge in [-0.2, -0.15) is 0 Å². The molecule has 0 unspecified atom stereocenters. The van der Waals surface area contributed by atoms with Crippen molar-refractivity contribution in [3.8, 4) is 0 Å². The topological polar surface area (TPSA) is 56.7 Å². The zero-order valence-corrected chi connectivity index (χ0v) is 9.54. The second-order valence-electron chi connectivity index (χ2n) is 4.65. The number of hydrogen-bond donors (Lipinski definition) is 1. The lowest BCUT2D eigenvalue weighted by atomic mass is 9.92. The van der Waals surface area contributed by atoms with Crippen LogP contribution < -0.4 is 5.73 Å². The molecule has 0 fully saturated rings. The summed E-state index contributed by atoms with van der Waals surface area (Å²) in [5.41, 5.74) is 6.87. The largest absolute Gasteiger partial charge is 0.381 e. The third kappa shape index (κ3) is 2.25. The molecule has 1 rings (SSSR count). The first-order chi connectivity index (χ1) is 6.46. The maximum atomic E-state index is 5.80. The number of anilines is 1. The number of nitrogens with two attached hydrogens (primary N) is 1. The Balaban J connectivity index is 2.95. The van der Waals surface area contributed by atoms with Gasteiger partial charge in [0.15, 0.2) is 5.82 Å². The number of nitrogen functional groups attached to an aromatic ring is 1. The van der Waals surface area contributed by atoms with E-state index in [9.17, 15) is 0 Å². The highest BCUT2D eigenvalue weighted by Crippen LogP contribution is 2.25. The molecule has 0 bridgehead atoms. The first-order valence-corrected chi connectivity index (χ1v) is 5.16. The molecule has 2 N–H and O–H groups in total. The van der Waals surface area contributed by atoms with Crippen LogP contribution in [0.5, 0.6) is 0 Å². The standard InChI is InChI=1S/C10H20N4/c1-5-6-7-14-8(10(2,3)4)9(11)12-13-14/h5-7,11H2,1-4H3. The molecule has 0 saturated carbocycles. The van der Waals surface area contributed by atoms with Gasteiger partial charge in [0.25, 0.3) is 0 Å². The molecular weight excluding hydrogens is 176 g/mol. The first-order valence-electron chi connectivity index (χ1n) is 5.16. The third-order valence-electron chi connectivity index (χ3n) is 2.20. The van der Waals surface area contributed by atoms with Crippen molar-refractivity contribution in [3.05, 3.63) is 5.69 Å². The molecule has 14 heavy (non-hydrogen) atoms. The van der Waals surface area contributed by atoms with Crippen LogP contribution >= 0.6 is 0 Å². The van der Waals surface area contributed by atoms with Gasteiger partial charge in [-0.15, -0.1) is 5.10 Å². The van der Waals surface area contributed by atoms with E-state index < -0.39 is 0 Å². The lowest BCUT2D eigenvalue weighted by Crippen LogP contribution is -2.20. The highest BCUT2D eigenvalue weighted by Gasteiger charge is 2.23. The third-order valence-corrected chi connectivity index (χ3v) is 2.20. The van der Waals surface area contributed by atoms with E-state index in [1.54, 1.807) is 0 Å². The fourth-order valence-electron chi connectivity index (χ4n) is 1.56. The highest BCUT2D eigenvalue weighted by molar-refractivity contribution is 5.37. The van der Waals surface area contributed by atoms with Crippen molar-refractivity contribution in [2.24, 2.45) is 0 Å². The second-order valence-corrected chi connectivity index (χ2v) is 4.65. The van der Waals surface area contributed by atoms with Gasteiger partial charge >= 0.3 is 0 Å². The van der Waals surface area contributed by atoms with E-state index in [0.29, 0.717) is 5.82 Å². The molecule has 80 valence electrons. The highest BCUT2D eigenvalue weighted by atomic mass is 15.4. The summed E-state index contributed by atoms with van der Waals surface area (Å²) in [5, 5.41) is 7.99. The Morgan fingerprint density at radius 3 is 2.50 bits per heavy atom. The molecule has 1 heterocycles. The Kier molecular flexibility index (Phi) is 3.13. The van der Waals surface area contributed by atoms with Gasteiger partial charge in [0.05, 0.1) is 5.69 Å². The number of hydrogen-bond acceptors (Lipinski definition) is 3. The van der Waals surface area contributed by atoms with Gasteiger partial charge in [-0.3, -0.25) is 0 Å². The van der Waals surface area contributed by atoms with Crippen molar-refractivity contribution < 1.29 is 0 Å². The molecule has 1 aromatic heterocycles. The van der Waals surface area contributed by atoms with Gasteiger partial charge in [0, 0.05) is 12.0 Å². The Morgan fingerprint density at radius 1 is 1.36 bits per heavy atom. The zero-order chi connectivity index (χ0) is 10.8. The molecular formula is C10H20N4. The lowest BCUT2D eigenvalue weighted by molar-refractivity contribution is 0.468. The predicted octanol–water partition coefficient (Wildman–Crippen LogP) is 1.96. The van der Waals surface area contributed by atoms with Gasteiger partial charge < -0.3 is 5.73 Å². The molecule has 0 spiro atoms. The van der Waals surface area contributed by atoms with Crippen molar-refractivity contribution in [2.45, 2.75) is 52.5 Å². The van der Waals surface area contributed by atoms with Gasteiger partial charge in [0.2, 0.25) is 0 Å². The molecule has 1 aromatic rings. The molecule has 0 atom stereocenters. The van der Waals surface area contributed by atoms with E-state index in [4.69, 9.17) is 5.73 Å². The average Bonchev–Trinajstić information content (AvgIpc) is 2.42. The SMILES string of the molecule is CCCCn1nnc(N)c1C(C)(C)C. The molecule has 4 heteroatoms. The smallest absolute Gasteiger partial charge is 0.169 e. The van der Waals surface area contributed by atoms with E-state index in [2.05, 4.69) is 38.0 Å². The minimum atomic E-state index is 0.0152. The molecule has 4 nitrogen and oxygen atoms in total. The van der Waals surface area contributed by atoms with E-state index in [1.807, 2.05) is 4.68 Å². The maximum Gasteiger partial charge on any atom is 0.169 e. The fraction of sp³-hybridized carbons (Fsp3) is 0.800. The fourth-order valence-corrected chi connectivity index (χ4v) is 1.56. The number of aromatic nitrogens is 3. The Hall–Kier alpha value is -1.06. The van der Waals surface area contributed by atoms with Crippen molar-refractivity contribution in [3.63, 3.8) is 0 Å². The Bertz CT molecular complexity index is 296. The molecule has 0 aliphatic carbocycles. The van der Waals surface area contributed by atoms with E-state index in [-0.39, 0.29) is 5.41 Å². The van der Waals surface area contributed by atoms with E-state index in [1.165, 1.54) is 0 Å². The van der Waals surface area contributed by atoms with Crippen LogP contribution in [0.1, 0.15) is 46.2 Å². The second kappa shape index (κ2) is 3.98. The normalized spacial score (nSPS) is 12.0. The molecule has 0 saturated heterocycles. The summed E-state index contributed by atoms with van der Waals surface area (Å²) in [7, 11) is 0. The van der Waals surface area contributed by atoms with Gasteiger partial charge in [0.1, 0.15) is 0 Å². The van der Waals surface area contributed by atoms with Crippen LogP contribution in [0.25, 0.3) is 0 Å². The van der Waals surface area contributed by atoms with Crippen molar-refractivity contribution in [1.82, 2.24) is 15.0 Å². The number of rotatable bonds is 3. The van der Waals surface area contributed by atoms with Crippen molar-refractivity contribution in [1.29, 1.82) is 0 Å². The van der Waals surface area contributed by atoms with Crippen LogP contribution in [-0.2, 0) is 12.0 Å². The summed E-state index contributed by atoms with van der Waals surface area (Å²) in [6.45, 7) is 9.46. The summed E-state index contributed by atoms with van der Waals surface area (Å²) in [5.74, 6) is 0.564. The molecule has 0 aliphatic heterocycles. The Morgan fingerprint density at radius 2 is 2.00 bits per heavy atom. The Labute approximate surface area is 85.5 Å². The quantitative estimate of drug-likeness (QED) is 0.804. The van der Waals surface area contributed by atoms with Crippen molar-refractivity contribution >= 4 is 5.82 Å². The molecule has 0 aromatic carbocycles. The minimum Gasteiger partial charge on any atom is -0.381 e.